The fraction of sp³-hybridized carbons (Fsp3) is 0.500. The first-order chi connectivity index (χ1) is 8.81. The summed E-state index contributed by atoms with van der Waals surface area (Å²) in [6.07, 6.45) is 4.53. The number of H-pyrrole nitrogens is 1. The van der Waals surface area contributed by atoms with Gasteiger partial charge in [-0.15, -0.1) is 0 Å². The number of nitrogens with zero attached hydrogens (tertiary/aromatic N) is 2. The summed E-state index contributed by atoms with van der Waals surface area (Å²) in [5.41, 5.74) is 2.29. The van der Waals surface area contributed by atoms with Crippen LogP contribution >= 0.6 is 0 Å². The van der Waals surface area contributed by atoms with Crippen LogP contribution in [0.4, 0.5) is 5.69 Å². The van der Waals surface area contributed by atoms with Crippen molar-refractivity contribution in [1.29, 1.82) is 0 Å². The molecule has 0 bridgehead atoms. The van der Waals surface area contributed by atoms with Gasteiger partial charge in [0.15, 0.2) is 0 Å². The summed E-state index contributed by atoms with van der Waals surface area (Å²) >= 11 is 0. The van der Waals surface area contributed by atoms with Crippen molar-refractivity contribution in [3.8, 4) is 0 Å². The number of hydrogen-bond acceptors (Lipinski definition) is 3. The number of rotatable bonds is 3. The van der Waals surface area contributed by atoms with E-state index < -0.39 is 0 Å². The average Bonchev–Trinajstić information content (AvgIpc) is 2.84. The zero-order valence-electron chi connectivity index (χ0n) is 10.8. The number of aromatic amines is 1. The predicted octanol–water partition coefficient (Wildman–Crippen LogP) is 2.32. The van der Waals surface area contributed by atoms with Crippen LogP contribution < -0.4 is 5.32 Å². The third-order valence-corrected chi connectivity index (χ3v) is 3.76. The van der Waals surface area contributed by atoms with E-state index in [4.69, 9.17) is 0 Å². The van der Waals surface area contributed by atoms with E-state index in [1.165, 1.54) is 37.0 Å². The minimum Gasteiger partial charge on any atom is -0.385 e. The fourth-order valence-electron chi connectivity index (χ4n) is 2.75. The largest absolute Gasteiger partial charge is 0.385 e. The second-order valence-corrected chi connectivity index (χ2v) is 5.32. The number of piperidine rings is 1. The van der Waals surface area contributed by atoms with Gasteiger partial charge in [-0.3, -0.25) is 5.10 Å². The summed E-state index contributed by atoms with van der Waals surface area (Å²) in [6, 6.07) is 6.36. The third-order valence-electron chi connectivity index (χ3n) is 3.76. The number of nitrogens with one attached hydrogen (secondary N) is 2. The number of likely N-dealkylation sites (tertiary alicyclic amines) is 1. The normalized spacial score (nSPS) is 21.3. The highest BCUT2D eigenvalue weighted by Crippen LogP contribution is 2.19. The van der Waals surface area contributed by atoms with Gasteiger partial charge in [0.2, 0.25) is 0 Å². The molecule has 0 amide bonds. The molecule has 0 radical (unpaired) electrons. The molecule has 2 heterocycles. The number of fused-ring (bicyclic) bond motifs is 1. The highest BCUT2D eigenvalue weighted by atomic mass is 15.1. The van der Waals surface area contributed by atoms with Gasteiger partial charge >= 0.3 is 0 Å². The SMILES string of the molecule is CN1CCCC(CNc2ccc3[nH]ncc3c2)C1. The lowest BCUT2D eigenvalue weighted by Crippen LogP contribution is -2.35. The molecule has 4 heteroatoms. The molecule has 1 aliphatic rings. The van der Waals surface area contributed by atoms with Gasteiger partial charge in [-0.25, -0.2) is 0 Å². The van der Waals surface area contributed by atoms with E-state index >= 15 is 0 Å². The molecule has 1 fully saturated rings. The molecular formula is C14H20N4. The van der Waals surface area contributed by atoms with Crippen LogP contribution in [-0.2, 0) is 0 Å². The van der Waals surface area contributed by atoms with Gasteiger partial charge < -0.3 is 10.2 Å². The van der Waals surface area contributed by atoms with Crippen molar-refractivity contribution in [2.75, 3.05) is 32.0 Å². The highest BCUT2D eigenvalue weighted by molar-refractivity contribution is 5.81. The minimum atomic E-state index is 0.767. The topological polar surface area (TPSA) is 44.0 Å². The van der Waals surface area contributed by atoms with E-state index in [0.717, 1.165) is 18.0 Å². The zero-order chi connectivity index (χ0) is 12.4. The fourth-order valence-corrected chi connectivity index (χ4v) is 2.75. The first-order valence-electron chi connectivity index (χ1n) is 6.67. The molecule has 0 aliphatic carbocycles. The molecule has 2 aromatic rings. The van der Waals surface area contributed by atoms with Crippen LogP contribution in [-0.4, -0.2) is 41.8 Å². The van der Waals surface area contributed by atoms with Gasteiger partial charge in [0.1, 0.15) is 0 Å². The van der Waals surface area contributed by atoms with E-state index in [1.807, 2.05) is 6.20 Å². The second-order valence-electron chi connectivity index (χ2n) is 5.32. The molecule has 96 valence electrons. The summed E-state index contributed by atoms with van der Waals surface area (Å²) < 4.78 is 0. The number of hydrogen-bond donors (Lipinski definition) is 2. The average molecular weight is 244 g/mol. The zero-order valence-corrected chi connectivity index (χ0v) is 10.8. The number of aromatic nitrogens is 2. The van der Waals surface area contributed by atoms with Crippen LogP contribution in [0.1, 0.15) is 12.8 Å². The van der Waals surface area contributed by atoms with Gasteiger partial charge in [-0.05, 0) is 50.6 Å². The minimum absolute atomic E-state index is 0.767. The molecule has 18 heavy (non-hydrogen) atoms. The van der Waals surface area contributed by atoms with Gasteiger partial charge in [0.25, 0.3) is 0 Å². The molecule has 1 aliphatic heterocycles. The van der Waals surface area contributed by atoms with Crippen molar-refractivity contribution in [2.45, 2.75) is 12.8 Å². The van der Waals surface area contributed by atoms with Crippen molar-refractivity contribution < 1.29 is 0 Å². The molecule has 4 nitrogen and oxygen atoms in total. The Labute approximate surface area is 107 Å². The molecule has 1 saturated heterocycles. The van der Waals surface area contributed by atoms with Gasteiger partial charge in [-0.2, -0.15) is 5.10 Å². The molecule has 1 unspecified atom stereocenters. The molecule has 1 atom stereocenters. The Hall–Kier alpha value is -1.55. The summed E-state index contributed by atoms with van der Waals surface area (Å²) in [7, 11) is 2.21. The van der Waals surface area contributed by atoms with Gasteiger partial charge in [-0.1, -0.05) is 0 Å². The monoisotopic (exact) mass is 244 g/mol. The lowest BCUT2D eigenvalue weighted by molar-refractivity contribution is 0.217. The van der Waals surface area contributed by atoms with Crippen LogP contribution in [0.5, 0.6) is 0 Å². The van der Waals surface area contributed by atoms with Crippen LogP contribution in [0.25, 0.3) is 10.9 Å². The maximum Gasteiger partial charge on any atom is 0.0651 e. The van der Waals surface area contributed by atoms with E-state index in [-0.39, 0.29) is 0 Å². The maximum absolute atomic E-state index is 4.04. The molecule has 2 N–H and O–H groups in total. The summed E-state index contributed by atoms with van der Waals surface area (Å²) in [6.45, 7) is 3.52. The Bertz CT molecular complexity index is 519. The van der Waals surface area contributed by atoms with Gasteiger partial charge in [0.05, 0.1) is 11.7 Å². The summed E-state index contributed by atoms with van der Waals surface area (Å²) in [5, 5.41) is 11.7. The molecule has 1 aromatic heterocycles. The van der Waals surface area contributed by atoms with Crippen LogP contribution in [0, 0.1) is 5.92 Å². The van der Waals surface area contributed by atoms with Crippen LogP contribution in [0.3, 0.4) is 0 Å². The van der Waals surface area contributed by atoms with Crippen molar-refractivity contribution in [1.82, 2.24) is 15.1 Å². The molecule has 1 aromatic carbocycles. The van der Waals surface area contributed by atoms with Crippen LogP contribution in [0.15, 0.2) is 24.4 Å². The Morgan fingerprint density at radius 1 is 1.50 bits per heavy atom. The third kappa shape index (κ3) is 2.48. The first-order valence-corrected chi connectivity index (χ1v) is 6.67. The number of benzene rings is 1. The van der Waals surface area contributed by atoms with Crippen molar-refractivity contribution >= 4 is 16.6 Å². The molecule has 0 spiro atoms. The summed E-state index contributed by atoms with van der Waals surface area (Å²) in [4.78, 5) is 2.43. The highest BCUT2D eigenvalue weighted by Gasteiger charge is 2.16. The standard InChI is InChI=1S/C14H20N4/c1-18-6-2-3-11(10-18)8-15-13-4-5-14-12(7-13)9-16-17-14/h4-5,7,9,11,15H,2-3,6,8,10H2,1H3,(H,16,17). The predicted molar refractivity (Wildman–Crippen MR) is 74.8 cm³/mol. The summed E-state index contributed by atoms with van der Waals surface area (Å²) in [5.74, 6) is 0.767. The molecular weight excluding hydrogens is 224 g/mol. The lowest BCUT2D eigenvalue weighted by atomic mass is 9.98. The quantitative estimate of drug-likeness (QED) is 0.871. The van der Waals surface area contributed by atoms with E-state index in [9.17, 15) is 0 Å². The Morgan fingerprint density at radius 2 is 2.44 bits per heavy atom. The van der Waals surface area contributed by atoms with Crippen molar-refractivity contribution in [2.24, 2.45) is 5.92 Å². The first kappa shape index (κ1) is 11.5. The van der Waals surface area contributed by atoms with E-state index in [2.05, 4.69) is 45.7 Å². The Balaban J connectivity index is 1.61. The molecule has 3 rings (SSSR count). The van der Waals surface area contributed by atoms with Crippen LogP contribution in [0.2, 0.25) is 0 Å². The molecule has 0 saturated carbocycles. The number of anilines is 1. The van der Waals surface area contributed by atoms with Crippen molar-refractivity contribution in [3.05, 3.63) is 24.4 Å². The smallest absolute Gasteiger partial charge is 0.0651 e. The maximum atomic E-state index is 4.04. The van der Waals surface area contributed by atoms with Gasteiger partial charge in [0, 0.05) is 24.2 Å². The lowest BCUT2D eigenvalue weighted by Gasteiger charge is -2.29. The van der Waals surface area contributed by atoms with E-state index in [1.54, 1.807) is 0 Å². The van der Waals surface area contributed by atoms with Crippen molar-refractivity contribution in [3.63, 3.8) is 0 Å². The second kappa shape index (κ2) is 4.98. The Morgan fingerprint density at radius 3 is 3.33 bits per heavy atom. The Kier molecular flexibility index (Phi) is 3.19. The van der Waals surface area contributed by atoms with E-state index in [0.29, 0.717) is 0 Å².